The Morgan fingerprint density at radius 2 is 2.21 bits per heavy atom. The number of aldehydes is 1. The van der Waals surface area contributed by atoms with Crippen LogP contribution in [0.3, 0.4) is 0 Å². The maximum absolute atomic E-state index is 10.7. The van der Waals surface area contributed by atoms with E-state index in [0.29, 0.717) is 0 Å². The molecule has 0 aliphatic carbocycles. The maximum Gasteiger partial charge on any atom is 0.151 e. The Labute approximate surface area is 88.3 Å². The molecular weight excluding hydrogens is 196 g/mol. The third-order valence-corrected chi connectivity index (χ3v) is 3.30. The molecule has 0 fully saturated rings. The van der Waals surface area contributed by atoms with Crippen molar-refractivity contribution in [2.45, 2.75) is 11.8 Å². The summed E-state index contributed by atoms with van der Waals surface area (Å²) < 4.78 is 0. The van der Waals surface area contributed by atoms with Crippen LogP contribution in [0.1, 0.15) is 17.3 Å². The molecule has 0 saturated carbocycles. The summed E-state index contributed by atoms with van der Waals surface area (Å²) in [5.41, 5.74) is 0.725. The SMILES string of the molecule is CC(CO)CSc1ccccc1C=O. The van der Waals surface area contributed by atoms with Gasteiger partial charge in [-0.15, -0.1) is 11.8 Å². The highest BCUT2D eigenvalue weighted by atomic mass is 32.2. The lowest BCUT2D eigenvalue weighted by Crippen LogP contribution is -2.03. The summed E-state index contributed by atoms with van der Waals surface area (Å²) in [6.07, 6.45) is 0.867. The van der Waals surface area contributed by atoms with Crippen molar-refractivity contribution in [3.05, 3.63) is 29.8 Å². The Bertz CT molecular complexity index is 299. The standard InChI is InChI=1S/C11H14O2S/c1-9(6-12)8-14-11-5-3-2-4-10(11)7-13/h2-5,7,9,12H,6,8H2,1H3. The van der Waals surface area contributed by atoms with Crippen molar-refractivity contribution in [1.29, 1.82) is 0 Å². The summed E-state index contributed by atoms with van der Waals surface area (Å²) >= 11 is 1.61. The number of carbonyl (C=O) groups is 1. The van der Waals surface area contributed by atoms with Crippen molar-refractivity contribution in [3.63, 3.8) is 0 Å². The van der Waals surface area contributed by atoms with Crippen molar-refractivity contribution < 1.29 is 9.90 Å². The number of rotatable bonds is 5. The summed E-state index contributed by atoms with van der Waals surface area (Å²) in [4.78, 5) is 11.7. The zero-order valence-corrected chi connectivity index (χ0v) is 8.96. The lowest BCUT2D eigenvalue weighted by atomic mass is 10.2. The zero-order chi connectivity index (χ0) is 10.4. The molecule has 2 nitrogen and oxygen atoms in total. The molecule has 0 amide bonds. The molecule has 1 aromatic carbocycles. The summed E-state index contributed by atoms with van der Waals surface area (Å²) in [6, 6.07) is 7.50. The van der Waals surface area contributed by atoms with E-state index in [1.165, 1.54) is 0 Å². The zero-order valence-electron chi connectivity index (χ0n) is 8.14. The molecule has 0 saturated heterocycles. The Balaban J connectivity index is 2.61. The fraction of sp³-hybridized carbons (Fsp3) is 0.364. The summed E-state index contributed by atoms with van der Waals surface area (Å²) in [6.45, 7) is 2.17. The maximum atomic E-state index is 10.7. The van der Waals surface area contributed by atoms with Crippen LogP contribution in [0.15, 0.2) is 29.2 Å². The summed E-state index contributed by atoms with van der Waals surface area (Å²) in [5.74, 6) is 1.10. The van der Waals surface area contributed by atoms with Crippen molar-refractivity contribution in [2.24, 2.45) is 5.92 Å². The number of carbonyl (C=O) groups excluding carboxylic acids is 1. The highest BCUT2D eigenvalue weighted by Crippen LogP contribution is 2.23. The topological polar surface area (TPSA) is 37.3 Å². The van der Waals surface area contributed by atoms with Gasteiger partial charge in [0.2, 0.25) is 0 Å². The molecule has 1 unspecified atom stereocenters. The molecular formula is C11H14O2S. The van der Waals surface area contributed by atoms with Crippen molar-refractivity contribution in [1.82, 2.24) is 0 Å². The molecule has 0 radical (unpaired) electrons. The van der Waals surface area contributed by atoms with Gasteiger partial charge in [-0.25, -0.2) is 0 Å². The largest absolute Gasteiger partial charge is 0.396 e. The van der Waals surface area contributed by atoms with Crippen LogP contribution in [0.5, 0.6) is 0 Å². The van der Waals surface area contributed by atoms with Crippen molar-refractivity contribution >= 4 is 18.0 Å². The molecule has 0 aliphatic heterocycles. The van der Waals surface area contributed by atoms with Gasteiger partial charge >= 0.3 is 0 Å². The molecule has 1 aromatic rings. The van der Waals surface area contributed by atoms with Gasteiger partial charge in [0.15, 0.2) is 6.29 Å². The molecule has 0 aliphatic rings. The van der Waals surface area contributed by atoms with Gasteiger partial charge in [-0.1, -0.05) is 25.1 Å². The van der Waals surface area contributed by atoms with Crippen LogP contribution in [-0.2, 0) is 0 Å². The van der Waals surface area contributed by atoms with Crippen LogP contribution in [0.25, 0.3) is 0 Å². The first-order chi connectivity index (χ1) is 6.77. The van der Waals surface area contributed by atoms with Crippen LogP contribution in [-0.4, -0.2) is 23.8 Å². The van der Waals surface area contributed by atoms with E-state index in [1.807, 2.05) is 25.1 Å². The van der Waals surface area contributed by atoms with E-state index in [9.17, 15) is 4.79 Å². The molecule has 14 heavy (non-hydrogen) atoms. The second-order valence-electron chi connectivity index (χ2n) is 3.25. The fourth-order valence-electron chi connectivity index (χ4n) is 0.994. The summed E-state index contributed by atoms with van der Waals surface area (Å²) in [7, 11) is 0. The molecule has 0 bridgehead atoms. The first-order valence-corrected chi connectivity index (χ1v) is 5.54. The number of hydrogen-bond donors (Lipinski definition) is 1. The number of hydrogen-bond acceptors (Lipinski definition) is 3. The van der Waals surface area contributed by atoms with Gasteiger partial charge in [-0.3, -0.25) is 4.79 Å². The highest BCUT2D eigenvalue weighted by molar-refractivity contribution is 7.99. The van der Waals surface area contributed by atoms with Crippen LogP contribution in [0, 0.1) is 5.92 Å². The second kappa shape index (κ2) is 5.83. The normalized spacial score (nSPS) is 12.4. The van der Waals surface area contributed by atoms with Gasteiger partial charge < -0.3 is 5.11 Å². The van der Waals surface area contributed by atoms with E-state index in [-0.39, 0.29) is 12.5 Å². The third kappa shape index (κ3) is 3.16. The molecule has 0 heterocycles. The quantitative estimate of drug-likeness (QED) is 0.598. The molecule has 1 N–H and O–H groups in total. The highest BCUT2D eigenvalue weighted by Gasteiger charge is 2.04. The predicted octanol–water partition coefficient (Wildman–Crippen LogP) is 2.22. The Hall–Kier alpha value is -0.800. The number of thioether (sulfide) groups is 1. The average molecular weight is 210 g/mol. The molecule has 76 valence electrons. The van der Waals surface area contributed by atoms with Crippen molar-refractivity contribution in [3.8, 4) is 0 Å². The van der Waals surface area contributed by atoms with Crippen LogP contribution in [0.2, 0.25) is 0 Å². The van der Waals surface area contributed by atoms with Gasteiger partial charge in [0.05, 0.1) is 0 Å². The third-order valence-electron chi connectivity index (χ3n) is 1.88. The smallest absolute Gasteiger partial charge is 0.151 e. The molecule has 3 heteroatoms. The minimum atomic E-state index is 0.191. The average Bonchev–Trinajstić information content (AvgIpc) is 2.26. The van der Waals surface area contributed by atoms with Crippen LogP contribution in [0.4, 0.5) is 0 Å². The first-order valence-electron chi connectivity index (χ1n) is 4.55. The molecule has 0 spiro atoms. The first kappa shape index (κ1) is 11.3. The minimum Gasteiger partial charge on any atom is -0.396 e. The fourth-order valence-corrected chi connectivity index (χ4v) is 2.02. The molecule has 0 aromatic heterocycles. The summed E-state index contributed by atoms with van der Waals surface area (Å²) in [5, 5.41) is 8.86. The molecule has 1 atom stereocenters. The van der Waals surface area contributed by atoms with E-state index in [0.717, 1.165) is 22.5 Å². The lowest BCUT2D eigenvalue weighted by molar-refractivity contribution is 0.112. The van der Waals surface area contributed by atoms with E-state index in [1.54, 1.807) is 17.8 Å². The van der Waals surface area contributed by atoms with Gasteiger partial charge in [0.25, 0.3) is 0 Å². The predicted molar refractivity (Wildman–Crippen MR) is 58.8 cm³/mol. The second-order valence-corrected chi connectivity index (χ2v) is 4.32. The molecule has 1 rings (SSSR count). The van der Waals surface area contributed by atoms with E-state index in [2.05, 4.69) is 0 Å². The van der Waals surface area contributed by atoms with E-state index < -0.39 is 0 Å². The van der Waals surface area contributed by atoms with E-state index in [4.69, 9.17) is 5.11 Å². The number of aliphatic hydroxyl groups is 1. The number of benzene rings is 1. The Kier molecular flexibility index (Phi) is 4.70. The minimum absolute atomic E-state index is 0.191. The van der Waals surface area contributed by atoms with Gasteiger partial charge in [-0.2, -0.15) is 0 Å². The Morgan fingerprint density at radius 1 is 1.50 bits per heavy atom. The van der Waals surface area contributed by atoms with Crippen molar-refractivity contribution in [2.75, 3.05) is 12.4 Å². The number of aliphatic hydroxyl groups excluding tert-OH is 1. The van der Waals surface area contributed by atoms with Gasteiger partial charge in [-0.05, 0) is 12.0 Å². The van der Waals surface area contributed by atoms with Gasteiger partial charge in [0.1, 0.15) is 0 Å². The monoisotopic (exact) mass is 210 g/mol. The lowest BCUT2D eigenvalue weighted by Gasteiger charge is -2.08. The van der Waals surface area contributed by atoms with Crippen LogP contribution >= 0.6 is 11.8 Å². The van der Waals surface area contributed by atoms with Gasteiger partial charge in [0, 0.05) is 22.8 Å². The van der Waals surface area contributed by atoms with Crippen LogP contribution < -0.4 is 0 Å². The van der Waals surface area contributed by atoms with E-state index >= 15 is 0 Å². The Morgan fingerprint density at radius 3 is 2.86 bits per heavy atom.